The summed E-state index contributed by atoms with van der Waals surface area (Å²) >= 11 is 5.74. The van der Waals surface area contributed by atoms with E-state index < -0.39 is 79.3 Å². The first kappa shape index (κ1) is 29.4. The summed E-state index contributed by atoms with van der Waals surface area (Å²) in [6.45, 7) is 8.69. The van der Waals surface area contributed by atoms with Gasteiger partial charge in [-0.15, -0.1) is 0 Å². The number of hydrogen-bond acceptors (Lipinski definition) is 7. The van der Waals surface area contributed by atoms with Gasteiger partial charge in [-0.2, -0.15) is 4.90 Å². The molecule has 14 heteroatoms. The molecule has 0 saturated heterocycles. The number of non-ortho nitro benzene ring substituents is 1. The van der Waals surface area contributed by atoms with Crippen molar-refractivity contribution in [3.63, 3.8) is 0 Å². The molecule has 0 heterocycles. The van der Waals surface area contributed by atoms with Gasteiger partial charge in [0, 0.05) is 6.07 Å². The van der Waals surface area contributed by atoms with Crippen molar-refractivity contribution in [1.29, 1.82) is 0 Å². The lowest BCUT2D eigenvalue weighted by Gasteiger charge is -2.29. The second kappa shape index (κ2) is 10.6. The Hall–Kier alpha value is -3.87. The summed E-state index contributed by atoms with van der Waals surface area (Å²) in [7, 11) is 0. The van der Waals surface area contributed by atoms with E-state index in [0.717, 1.165) is 6.07 Å². The number of nitro groups is 1. The summed E-state index contributed by atoms with van der Waals surface area (Å²) in [6, 6.07) is 2.51. The number of rotatable bonds is 4. The highest BCUT2D eigenvalue weighted by atomic mass is 35.5. The molecule has 3 amide bonds. The molecule has 0 unspecified atom stereocenters. The van der Waals surface area contributed by atoms with Crippen molar-refractivity contribution >= 4 is 46.8 Å². The van der Waals surface area contributed by atoms with Crippen LogP contribution in [0.4, 0.5) is 39.8 Å². The van der Waals surface area contributed by atoms with Gasteiger partial charge >= 0.3 is 12.2 Å². The number of halogens is 4. The fourth-order valence-corrected chi connectivity index (χ4v) is 2.94. The van der Waals surface area contributed by atoms with E-state index in [0.29, 0.717) is 18.2 Å². The Bertz CT molecular complexity index is 1250. The van der Waals surface area contributed by atoms with Crippen LogP contribution in [0.3, 0.4) is 0 Å². The Labute approximate surface area is 214 Å². The molecule has 200 valence electrons. The SMILES string of the molecule is CC(C)(C)OC(=O)N(C(=O)OC(C)(C)C)c1c(F)ccc(NC(=O)c2cc([N+](=O)[O-])cc(F)c2Cl)c1F. The lowest BCUT2D eigenvalue weighted by Crippen LogP contribution is -2.44. The molecule has 2 aromatic carbocycles. The summed E-state index contributed by atoms with van der Waals surface area (Å²) in [5.41, 5.74) is -5.92. The number of carbonyl (C=O) groups excluding carboxylic acids is 3. The molecule has 0 spiro atoms. The largest absolute Gasteiger partial charge is 0.443 e. The fraction of sp³-hybridized carbons (Fsp3) is 0.348. The maximum Gasteiger partial charge on any atom is 0.424 e. The van der Waals surface area contributed by atoms with Crippen LogP contribution < -0.4 is 10.2 Å². The molecule has 0 radical (unpaired) electrons. The van der Waals surface area contributed by atoms with Gasteiger partial charge in [-0.05, 0) is 53.7 Å². The third kappa shape index (κ3) is 7.32. The number of imide groups is 1. The highest BCUT2D eigenvalue weighted by Crippen LogP contribution is 2.33. The minimum Gasteiger partial charge on any atom is -0.443 e. The van der Waals surface area contributed by atoms with E-state index in [1.807, 2.05) is 5.32 Å². The van der Waals surface area contributed by atoms with Crippen molar-refractivity contribution in [1.82, 2.24) is 0 Å². The van der Waals surface area contributed by atoms with Crippen molar-refractivity contribution in [3.05, 3.63) is 62.4 Å². The van der Waals surface area contributed by atoms with E-state index in [1.165, 1.54) is 41.5 Å². The predicted octanol–water partition coefficient (Wildman–Crippen LogP) is 6.59. The zero-order valence-corrected chi connectivity index (χ0v) is 21.3. The minimum atomic E-state index is -1.60. The topological polar surface area (TPSA) is 128 Å². The number of ether oxygens (including phenoxy) is 2. The zero-order valence-electron chi connectivity index (χ0n) is 20.6. The van der Waals surface area contributed by atoms with E-state index in [9.17, 15) is 33.3 Å². The summed E-state index contributed by atoms with van der Waals surface area (Å²) in [4.78, 5) is 48.3. The smallest absolute Gasteiger partial charge is 0.424 e. The molecule has 0 atom stereocenters. The fourth-order valence-electron chi connectivity index (χ4n) is 2.75. The number of nitro benzene ring substituents is 1. The molecule has 37 heavy (non-hydrogen) atoms. The average Bonchev–Trinajstić information content (AvgIpc) is 2.71. The van der Waals surface area contributed by atoms with E-state index in [-0.39, 0.29) is 4.90 Å². The van der Waals surface area contributed by atoms with Crippen LogP contribution in [-0.2, 0) is 9.47 Å². The number of benzene rings is 2. The first-order valence-corrected chi connectivity index (χ1v) is 10.9. The molecule has 10 nitrogen and oxygen atoms in total. The van der Waals surface area contributed by atoms with E-state index >= 15 is 4.39 Å². The van der Waals surface area contributed by atoms with E-state index in [1.54, 1.807) is 0 Å². The van der Waals surface area contributed by atoms with Crippen LogP contribution in [0.25, 0.3) is 0 Å². The third-order valence-corrected chi connectivity index (χ3v) is 4.54. The predicted molar refractivity (Wildman–Crippen MR) is 127 cm³/mol. The molecule has 0 aliphatic carbocycles. The molecule has 2 aromatic rings. The van der Waals surface area contributed by atoms with Gasteiger partial charge in [-0.1, -0.05) is 11.6 Å². The summed E-state index contributed by atoms with van der Waals surface area (Å²) in [5.74, 6) is -5.59. The third-order valence-electron chi connectivity index (χ3n) is 4.16. The number of nitrogens with zero attached hydrogens (tertiary/aromatic N) is 2. The van der Waals surface area contributed by atoms with E-state index in [4.69, 9.17) is 21.1 Å². The number of anilines is 2. The van der Waals surface area contributed by atoms with Crippen molar-refractivity contribution in [2.75, 3.05) is 10.2 Å². The molecular weight excluding hydrogens is 523 g/mol. The van der Waals surface area contributed by atoms with Crippen LogP contribution in [-0.4, -0.2) is 34.2 Å². The number of amides is 3. The molecule has 0 aromatic heterocycles. The first-order valence-electron chi connectivity index (χ1n) is 10.5. The van der Waals surface area contributed by atoms with Crippen LogP contribution in [0.1, 0.15) is 51.9 Å². The molecular formula is C23H23ClF3N3O7. The Kier molecular flexibility index (Phi) is 8.43. The van der Waals surface area contributed by atoms with Crippen LogP contribution in [0, 0.1) is 27.6 Å². The van der Waals surface area contributed by atoms with Gasteiger partial charge in [-0.25, -0.2) is 22.8 Å². The van der Waals surface area contributed by atoms with Gasteiger partial charge in [0.25, 0.3) is 11.6 Å². The highest BCUT2D eigenvalue weighted by molar-refractivity contribution is 6.34. The van der Waals surface area contributed by atoms with Crippen molar-refractivity contribution in [2.24, 2.45) is 0 Å². The minimum absolute atomic E-state index is 0.0170. The summed E-state index contributed by atoms with van der Waals surface area (Å²) in [5, 5.41) is 12.2. The van der Waals surface area contributed by atoms with Gasteiger partial charge < -0.3 is 14.8 Å². The van der Waals surface area contributed by atoms with Gasteiger partial charge in [-0.3, -0.25) is 14.9 Å². The molecule has 0 bridgehead atoms. The lowest BCUT2D eigenvalue weighted by atomic mass is 10.1. The summed E-state index contributed by atoms with van der Waals surface area (Å²) in [6.07, 6.45) is -2.96. The Morgan fingerprint density at radius 2 is 1.46 bits per heavy atom. The molecule has 0 saturated carbocycles. The second-order valence-electron chi connectivity index (χ2n) is 9.55. The van der Waals surface area contributed by atoms with Gasteiger partial charge in [0.2, 0.25) is 0 Å². The number of nitrogens with one attached hydrogen (secondary N) is 1. The molecule has 2 rings (SSSR count). The molecule has 0 aliphatic heterocycles. The van der Waals surface area contributed by atoms with Gasteiger partial charge in [0.05, 0.1) is 27.3 Å². The lowest BCUT2D eigenvalue weighted by molar-refractivity contribution is -0.385. The normalized spacial score (nSPS) is 11.5. The van der Waals surface area contributed by atoms with Crippen molar-refractivity contribution in [2.45, 2.75) is 52.7 Å². The number of carbonyl (C=O) groups is 3. The molecule has 0 aliphatic rings. The van der Waals surface area contributed by atoms with Crippen LogP contribution >= 0.6 is 11.6 Å². The summed E-state index contributed by atoms with van der Waals surface area (Å²) < 4.78 is 54.5. The average molecular weight is 546 g/mol. The van der Waals surface area contributed by atoms with Crippen molar-refractivity contribution < 1.29 is 42.0 Å². The monoisotopic (exact) mass is 545 g/mol. The Balaban J connectivity index is 2.60. The van der Waals surface area contributed by atoms with Gasteiger partial charge in [0.15, 0.2) is 11.6 Å². The highest BCUT2D eigenvalue weighted by Gasteiger charge is 2.37. The van der Waals surface area contributed by atoms with Crippen LogP contribution in [0.15, 0.2) is 24.3 Å². The van der Waals surface area contributed by atoms with Crippen molar-refractivity contribution in [3.8, 4) is 0 Å². The first-order chi connectivity index (χ1) is 16.8. The maximum atomic E-state index is 15.5. The van der Waals surface area contributed by atoms with Gasteiger partial charge in [0.1, 0.15) is 22.7 Å². The van der Waals surface area contributed by atoms with E-state index in [2.05, 4.69) is 0 Å². The zero-order chi connectivity index (χ0) is 28.5. The maximum absolute atomic E-state index is 15.5. The standard InChI is InChI=1S/C23H23ClF3N3O7/c1-22(2,3)36-20(32)29(21(33)37-23(4,5)6)18-13(25)7-8-15(17(18)27)28-19(31)12-9-11(30(34)35)10-14(26)16(12)24/h7-10H,1-6H3,(H,28,31). The molecule has 0 fully saturated rings. The second-order valence-corrected chi connectivity index (χ2v) is 9.93. The quantitative estimate of drug-likeness (QED) is 0.339. The number of hydrogen-bond donors (Lipinski definition) is 1. The Morgan fingerprint density at radius 3 is 1.92 bits per heavy atom. The van der Waals surface area contributed by atoms with Crippen LogP contribution in [0.5, 0.6) is 0 Å². The molecule has 1 N–H and O–H groups in total. The van der Waals surface area contributed by atoms with Crippen LogP contribution in [0.2, 0.25) is 5.02 Å². The Morgan fingerprint density at radius 1 is 0.946 bits per heavy atom.